The first kappa shape index (κ1) is 29.2. The van der Waals surface area contributed by atoms with Crippen LogP contribution in [0.25, 0.3) is 0 Å². The van der Waals surface area contributed by atoms with Crippen molar-refractivity contribution in [1.82, 2.24) is 4.90 Å². The number of hydrogen-bond acceptors (Lipinski definition) is 5. The molecular formula is C33H37N5O3. The minimum atomic E-state index is -0.440. The number of carbonyl (C=O) groups is 2. The Morgan fingerprint density at radius 2 is 1.54 bits per heavy atom. The molecule has 0 atom stereocenters. The third-order valence-electron chi connectivity index (χ3n) is 6.45. The van der Waals surface area contributed by atoms with Gasteiger partial charge in [0.2, 0.25) is 0 Å². The number of nitrogens with two attached hydrogens (primary N) is 2. The Labute approximate surface area is 241 Å². The van der Waals surface area contributed by atoms with Crippen LogP contribution in [0.3, 0.4) is 0 Å². The van der Waals surface area contributed by atoms with Crippen LogP contribution in [-0.4, -0.2) is 28.9 Å². The van der Waals surface area contributed by atoms with Gasteiger partial charge >= 0.3 is 6.03 Å². The molecule has 0 unspecified atom stereocenters. The predicted molar refractivity (Wildman–Crippen MR) is 165 cm³/mol. The number of amides is 3. The molecule has 0 saturated carbocycles. The van der Waals surface area contributed by atoms with Crippen LogP contribution in [-0.2, 0) is 13.2 Å². The number of nitrogens with one attached hydrogen (secondary N) is 2. The van der Waals surface area contributed by atoms with Crippen molar-refractivity contribution in [3.63, 3.8) is 0 Å². The molecule has 0 saturated heterocycles. The first-order valence-electron chi connectivity index (χ1n) is 13.5. The number of para-hydroxylation sites is 2. The van der Waals surface area contributed by atoms with E-state index in [4.69, 9.17) is 16.2 Å². The molecule has 212 valence electrons. The number of hydrogen-bond donors (Lipinski definition) is 4. The molecule has 4 aromatic rings. The molecule has 0 aliphatic carbocycles. The van der Waals surface area contributed by atoms with E-state index >= 15 is 0 Å². The SMILES string of the molecule is CC(C)(N)CCN(Cc1ccc(C(=O)Nc2ccccc2N)cc1)C(=O)Nc1cccc(OCc2ccccc2)c1. The molecular weight excluding hydrogens is 514 g/mol. The highest BCUT2D eigenvalue weighted by Crippen LogP contribution is 2.21. The Balaban J connectivity index is 1.41. The van der Waals surface area contributed by atoms with Crippen molar-refractivity contribution in [3.05, 3.63) is 120 Å². The van der Waals surface area contributed by atoms with Gasteiger partial charge in [-0.25, -0.2) is 4.79 Å². The van der Waals surface area contributed by atoms with Gasteiger partial charge in [0.1, 0.15) is 12.4 Å². The molecule has 0 bridgehead atoms. The fourth-order valence-electron chi connectivity index (χ4n) is 4.07. The maximum absolute atomic E-state index is 13.4. The van der Waals surface area contributed by atoms with Crippen LogP contribution in [0.2, 0.25) is 0 Å². The lowest BCUT2D eigenvalue weighted by molar-refractivity contribution is 0.102. The van der Waals surface area contributed by atoms with E-state index in [9.17, 15) is 9.59 Å². The van der Waals surface area contributed by atoms with E-state index in [2.05, 4.69) is 10.6 Å². The van der Waals surface area contributed by atoms with Crippen molar-refractivity contribution in [2.45, 2.75) is 39.0 Å². The molecule has 4 aromatic carbocycles. The summed E-state index contributed by atoms with van der Waals surface area (Å²) in [7, 11) is 0. The molecule has 0 aliphatic heterocycles. The summed E-state index contributed by atoms with van der Waals surface area (Å²) in [4.78, 5) is 27.8. The van der Waals surface area contributed by atoms with Gasteiger partial charge in [-0.1, -0.05) is 60.7 Å². The smallest absolute Gasteiger partial charge is 0.322 e. The number of anilines is 3. The molecule has 0 aromatic heterocycles. The van der Waals surface area contributed by atoms with Crippen LogP contribution in [0.15, 0.2) is 103 Å². The lowest BCUT2D eigenvalue weighted by atomic mass is 10.0. The first-order chi connectivity index (χ1) is 19.7. The van der Waals surface area contributed by atoms with Gasteiger partial charge in [-0.2, -0.15) is 0 Å². The summed E-state index contributed by atoms with van der Waals surface area (Å²) in [6.45, 7) is 5.10. The average Bonchev–Trinajstić information content (AvgIpc) is 2.96. The Morgan fingerprint density at radius 1 is 0.829 bits per heavy atom. The van der Waals surface area contributed by atoms with Gasteiger partial charge in [0.15, 0.2) is 0 Å². The monoisotopic (exact) mass is 551 g/mol. The van der Waals surface area contributed by atoms with Gasteiger partial charge in [-0.3, -0.25) is 4.79 Å². The third kappa shape index (κ3) is 9.12. The van der Waals surface area contributed by atoms with E-state index in [1.165, 1.54) is 0 Å². The van der Waals surface area contributed by atoms with Gasteiger partial charge in [-0.15, -0.1) is 0 Å². The van der Waals surface area contributed by atoms with Crippen molar-refractivity contribution in [2.75, 3.05) is 22.9 Å². The van der Waals surface area contributed by atoms with Crippen molar-refractivity contribution in [3.8, 4) is 5.75 Å². The van der Waals surface area contributed by atoms with Crippen LogP contribution in [0.4, 0.5) is 21.9 Å². The van der Waals surface area contributed by atoms with Crippen LogP contribution in [0, 0.1) is 0 Å². The van der Waals surface area contributed by atoms with Gasteiger partial charge in [0.25, 0.3) is 5.91 Å². The van der Waals surface area contributed by atoms with Crippen molar-refractivity contribution in [2.24, 2.45) is 5.73 Å². The minimum Gasteiger partial charge on any atom is -0.489 e. The topological polar surface area (TPSA) is 123 Å². The van der Waals surface area contributed by atoms with Gasteiger partial charge in [-0.05, 0) is 67.8 Å². The molecule has 8 heteroatoms. The summed E-state index contributed by atoms with van der Waals surface area (Å²) in [5.41, 5.74) is 15.8. The summed E-state index contributed by atoms with van der Waals surface area (Å²) in [5.74, 6) is 0.399. The number of rotatable bonds is 11. The Bertz CT molecular complexity index is 1450. The highest BCUT2D eigenvalue weighted by atomic mass is 16.5. The van der Waals surface area contributed by atoms with Crippen LogP contribution < -0.4 is 26.8 Å². The quantitative estimate of drug-likeness (QED) is 0.164. The molecule has 4 rings (SSSR count). The van der Waals surface area contributed by atoms with E-state index in [1.807, 2.05) is 86.6 Å². The molecule has 41 heavy (non-hydrogen) atoms. The lowest BCUT2D eigenvalue weighted by Gasteiger charge is -2.27. The van der Waals surface area contributed by atoms with Crippen LogP contribution in [0.1, 0.15) is 41.8 Å². The second kappa shape index (κ2) is 13.5. The predicted octanol–water partition coefficient (Wildman–Crippen LogP) is 6.26. The number of ether oxygens (including phenoxy) is 1. The van der Waals surface area contributed by atoms with E-state index in [-0.39, 0.29) is 11.9 Å². The molecule has 6 N–H and O–H groups in total. The standard InChI is InChI=1S/C33H37N5O3/c1-33(2,35)19-20-38(22-24-15-17-26(18-16-24)31(39)37-30-14-7-6-13-29(30)34)32(40)36-27-11-8-12-28(21-27)41-23-25-9-4-3-5-10-25/h3-18,21H,19-20,22-23,34-35H2,1-2H3,(H,36,40)(H,37,39). The number of benzene rings is 4. The summed E-state index contributed by atoms with van der Waals surface area (Å²) >= 11 is 0. The highest BCUT2D eigenvalue weighted by Gasteiger charge is 2.19. The van der Waals surface area contributed by atoms with E-state index in [0.29, 0.717) is 54.5 Å². The maximum atomic E-state index is 13.4. The molecule has 0 radical (unpaired) electrons. The highest BCUT2D eigenvalue weighted by molar-refractivity contribution is 6.05. The van der Waals surface area contributed by atoms with E-state index < -0.39 is 5.54 Å². The summed E-state index contributed by atoms with van der Waals surface area (Å²) in [6, 6.07) is 31.2. The molecule has 0 heterocycles. The summed E-state index contributed by atoms with van der Waals surface area (Å²) in [5, 5.41) is 5.82. The van der Waals surface area contributed by atoms with Gasteiger partial charge < -0.3 is 31.7 Å². The number of carbonyl (C=O) groups excluding carboxylic acids is 2. The third-order valence-corrected chi connectivity index (χ3v) is 6.45. The summed E-state index contributed by atoms with van der Waals surface area (Å²) < 4.78 is 5.92. The average molecular weight is 552 g/mol. The van der Waals surface area contributed by atoms with Gasteiger partial charge in [0, 0.05) is 35.9 Å². The van der Waals surface area contributed by atoms with Crippen molar-refractivity contribution < 1.29 is 14.3 Å². The van der Waals surface area contributed by atoms with Crippen molar-refractivity contribution in [1.29, 1.82) is 0 Å². The molecule has 8 nitrogen and oxygen atoms in total. The maximum Gasteiger partial charge on any atom is 0.322 e. The lowest BCUT2D eigenvalue weighted by Crippen LogP contribution is -2.41. The molecule has 0 spiro atoms. The van der Waals surface area contributed by atoms with Crippen molar-refractivity contribution >= 4 is 29.0 Å². The van der Waals surface area contributed by atoms with Gasteiger partial charge in [0.05, 0.1) is 11.4 Å². The fraction of sp³-hybridized carbons (Fsp3) is 0.212. The normalized spacial score (nSPS) is 11.0. The van der Waals surface area contributed by atoms with E-state index in [1.54, 1.807) is 35.2 Å². The minimum absolute atomic E-state index is 0.254. The Hall–Kier alpha value is -4.82. The molecule has 3 amide bonds. The summed E-state index contributed by atoms with van der Waals surface area (Å²) in [6.07, 6.45) is 0.611. The Morgan fingerprint density at radius 3 is 2.24 bits per heavy atom. The molecule has 0 aliphatic rings. The Kier molecular flexibility index (Phi) is 9.60. The number of nitrogens with zero attached hydrogens (tertiary/aromatic N) is 1. The largest absolute Gasteiger partial charge is 0.489 e. The molecule has 0 fully saturated rings. The zero-order valence-electron chi connectivity index (χ0n) is 23.5. The zero-order valence-corrected chi connectivity index (χ0v) is 23.5. The fourth-order valence-corrected chi connectivity index (χ4v) is 4.07. The van der Waals surface area contributed by atoms with Crippen LogP contribution >= 0.6 is 0 Å². The first-order valence-corrected chi connectivity index (χ1v) is 13.5. The van der Waals surface area contributed by atoms with E-state index in [0.717, 1.165) is 11.1 Å². The zero-order chi connectivity index (χ0) is 29.2. The number of urea groups is 1. The second-order valence-electron chi connectivity index (χ2n) is 10.6. The van der Waals surface area contributed by atoms with Crippen LogP contribution in [0.5, 0.6) is 5.75 Å². The second-order valence-corrected chi connectivity index (χ2v) is 10.6. The number of nitrogen functional groups attached to an aromatic ring is 1.